The molecule has 0 rings (SSSR count). The Balaban J connectivity index is 0. The van der Waals surface area contributed by atoms with E-state index in [9.17, 15) is 13.0 Å². The predicted molar refractivity (Wildman–Crippen MR) is 48.9 cm³/mol. The molecular weight excluding hydrogens is 194 g/mol. The van der Waals surface area contributed by atoms with Gasteiger partial charge in [-0.25, -0.2) is 8.42 Å². The van der Waals surface area contributed by atoms with Crippen molar-refractivity contribution in [3.05, 3.63) is 0 Å². The van der Waals surface area contributed by atoms with Crippen LogP contribution < -0.4 is 5.32 Å². The summed E-state index contributed by atoms with van der Waals surface area (Å²) in [6, 6.07) is 0. The molecule has 0 aromatic rings. The topological polar surface area (TPSA) is 83.0 Å². The average molecular weight is 213 g/mol. The summed E-state index contributed by atoms with van der Waals surface area (Å²) in [7, 11) is -4.42. The van der Waals surface area contributed by atoms with Crippen LogP contribution >= 0.6 is 0 Å². The zero-order valence-electron chi connectivity index (χ0n) is 8.45. The first kappa shape index (κ1) is 15.3. The average Bonchev–Trinajstić information content (AvgIpc) is 1.99. The van der Waals surface area contributed by atoms with E-state index in [4.69, 9.17) is 0 Å². The maximum atomic E-state index is 9.45. The van der Waals surface area contributed by atoms with Gasteiger partial charge in [0.15, 0.2) is 0 Å². The SMILES string of the molecule is CCC[NH2+]CC.CCOS(=O)(=O)[O-]. The van der Waals surface area contributed by atoms with Gasteiger partial charge >= 0.3 is 0 Å². The van der Waals surface area contributed by atoms with Gasteiger partial charge in [-0.3, -0.25) is 4.18 Å². The van der Waals surface area contributed by atoms with Gasteiger partial charge < -0.3 is 9.87 Å². The van der Waals surface area contributed by atoms with Gasteiger partial charge in [0.1, 0.15) is 0 Å². The Bertz CT molecular complexity index is 175. The quantitative estimate of drug-likeness (QED) is 0.378. The molecule has 0 spiro atoms. The van der Waals surface area contributed by atoms with E-state index >= 15 is 0 Å². The second-order valence-electron chi connectivity index (χ2n) is 2.30. The lowest BCUT2D eigenvalue weighted by atomic mass is 10.5. The van der Waals surface area contributed by atoms with Crippen LogP contribution in [0.15, 0.2) is 0 Å². The molecule has 0 aromatic carbocycles. The van der Waals surface area contributed by atoms with Gasteiger partial charge in [0.25, 0.3) is 0 Å². The monoisotopic (exact) mass is 213 g/mol. The van der Waals surface area contributed by atoms with Crippen molar-refractivity contribution in [2.24, 2.45) is 0 Å². The Kier molecular flexibility index (Phi) is 11.7. The fourth-order valence-corrected chi connectivity index (χ4v) is 0.841. The molecule has 13 heavy (non-hydrogen) atoms. The van der Waals surface area contributed by atoms with E-state index in [2.05, 4.69) is 23.3 Å². The summed E-state index contributed by atoms with van der Waals surface area (Å²) in [4.78, 5) is 0. The first-order valence-corrected chi connectivity index (χ1v) is 5.73. The number of rotatable bonds is 5. The van der Waals surface area contributed by atoms with Crippen molar-refractivity contribution in [1.82, 2.24) is 0 Å². The third-order valence-corrected chi connectivity index (χ3v) is 1.57. The third kappa shape index (κ3) is 24.5. The molecule has 0 amide bonds. The highest BCUT2D eigenvalue weighted by Crippen LogP contribution is 1.80. The molecule has 0 aromatic heterocycles. The lowest BCUT2D eigenvalue weighted by Gasteiger charge is -2.02. The van der Waals surface area contributed by atoms with E-state index in [1.165, 1.54) is 26.4 Å². The largest absolute Gasteiger partial charge is 0.726 e. The van der Waals surface area contributed by atoms with Crippen molar-refractivity contribution < 1.29 is 22.5 Å². The molecule has 0 aliphatic carbocycles. The van der Waals surface area contributed by atoms with Crippen molar-refractivity contribution in [3.8, 4) is 0 Å². The number of hydrogen-bond acceptors (Lipinski definition) is 4. The van der Waals surface area contributed by atoms with Gasteiger partial charge in [-0.2, -0.15) is 0 Å². The second-order valence-corrected chi connectivity index (χ2v) is 3.35. The number of hydrogen-bond donors (Lipinski definition) is 1. The van der Waals surface area contributed by atoms with Crippen molar-refractivity contribution in [1.29, 1.82) is 0 Å². The van der Waals surface area contributed by atoms with Crippen LogP contribution in [0.1, 0.15) is 27.2 Å². The Labute approximate surface area is 80.4 Å². The fraction of sp³-hybridized carbons (Fsp3) is 1.00. The van der Waals surface area contributed by atoms with Gasteiger partial charge in [-0.15, -0.1) is 0 Å². The van der Waals surface area contributed by atoms with E-state index in [0.717, 1.165) is 0 Å². The molecule has 0 saturated carbocycles. The van der Waals surface area contributed by atoms with E-state index in [-0.39, 0.29) is 6.61 Å². The molecule has 0 atom stereocenters. The zero-order valence-corrected chi connectivity index (χ0v) is 9.26. The minimum atomic E-state index is -4.42. The van der Waals surface area contributed by atoms with Crippen LogP contribution in [0.4, 0.5) is 0 Å². The highest BCUT2D eigenvalue weighted by Gasteiger charge is 1.85. The summed E-state index contributed by atoms with van der Waals surface area (Å²) in [5.74, 6) is 0. The summed E-state index contributed by atoms with van der Waals surface area (Å²) in [6.45, 7) is 8.23. The molecule has 0 aliphatic rings. The van der Waals surface area contributed by atoms with Crippen LogP contribution in [0.5, 0.6) is 0 Å². The normalized spacial score (nSPS) is 10.5. The number of quaternary nitrogens is 1. The molecule has 0 heterocycles. The van der Waals surface area contributed by atoms with Crippen molar-refractivity contribution >= 4 is 10.4 Å². The minimum Gasteiger partial charge on any atom is -0.726 e. The Morgan fingerprint density at radius 2 is 1.85 bits per heavy atom. The summed E-state index contributed by atoms with van der Waals surface area (Å²) in [6.07, 6.45) is 1.30. The van der Waals surface area contributed by atoms with Gasteiger partial charge in [0.05, 0.1) is 19.7 Å². The molecule has 0 unspecified atom stereocenters. The van der Waals surface area contributed by atoms with E-state index in [1.54, 1.807) is 0 Å². The smallest absolute Gasteiger partial charge is 0.217 e. The summed E-state index contributed by atoms with van der Waals surface area (Å²) in [5.41, 5.74) is 0. The standard InChI is InChI=1S/C5H13N.C2H6O4S/c1-3-5-6-4-2;1-2-6-7(3,4)5/h6H,3-5H2,1-2H3;2H2,1H3,(H,3,4,5). The van der Waals surface area contributed by atoms with Crippen LogP contribution in [0, 0.1) is 0 Å². The molecule has 82 valence electrons. The maximum Gasteiger partial charge on any atom is 0.217 e. The van der Waals surface area contributed by atoms with Crippen LogP contribution in [0.3, 0.4) is 0 Å². The van der Waals surface area contributed by atoms with Crippen molar-refractivity contribution in [2.45, 2.75) is 27.2 Å². The molecule has 2 N–H and O–H groups in total. The Morgan fingerprint density at radius 3 is 1.92 bits per heavy atom. The van der Waals surface area contributed by atoms with Gasteiger partial charge in [-0.05, 0) is 20.3 Å². The minimum absolute atomic E-state index is 0.0914. The Morgan fingerprint density at radius 1 is 1.31 bits per heavy atom. The molecule has 5 nitrogen and oxygen atoms in total. The molecular formula is C7H19NO4S. The molecule has 0 aliphatic heterocycles. The van der Waals surface area contributed by atoms with Crippen LogP contribution in [0.25, 0.3) is 0 Å². The molecule has 0 fully saturated rings. The highest BCUT2D eigenvalue weighted by molar-refractivity contribution is 7.80. The second kappa shape index (κ2) is 9.91. The Hall–Kier alpha value is -0.170. The predicted octanol–water partition coefficient (Wildman–Crippen LogP) is -0.537. The van der Waals surface area contributed by atoms with Crippen molar-refractivity contribution in [2.75, 3.05) is 19.7 Å². The summed E-state index contributed by atoms with van der Waals surface area (Å²) in [5, 5.41) is 2.31. The lowest BCUT2D eigenvalue weighted by molar-refractivity contribution is -0.651. The van der Waals surface area contributed by atoms with Crippen LogP contribution in [0.2, 0.25) is 0 Å². The molecule has 0 saturated heterocycles. The molecule has 0 radical (unpaired) electrons. The first-order chi connectivity index (χ1) is 5.97. The van der Waals surface area contributed by atoms with Gasteiger partial charge in [0.2, 0.25) is 10.4 Å². The maximum absolute atomic E-state index is 9.45. The zero-order chi connectivity index (χ0) is 10.7. The number of nitrogens with two attached hydrogens (primary N) is 1. The summed E-state index contributed by atoms with van der Waals surface area (Å²) >= 11 is 0. The molecule has 0 bridgehead atoms. The van der Waals surface area contributed by atoms with E-state index < -0.39 is 10.4 Å². The van der Waals surface area contributed by atoms with Gasteiger partial charge in [-0.1, -0.05) is 6.92 Å². The summed E-state index contributed by atoms with van der Waals surface area (Å²) < 4.78 is 32.0. The van der Waals surface area contributed by atoms with Crippen molar-refractivity contribution in [3.63, 3.8) is 0 Å². The highest BCUT2D eigenvalue weighted by atomic mass is 32.3. The van der Waals surface area contributed by atoms with Crippen LogP contribution in [-0.4, -0.2) is 32.7 Å². The van der Waals surface area contributed by atoms with Gasteiger partial charge in [0, 0.05) is 0 Å². The molecule has 6 heteroatoms. The third-order valence-electron chi connectivity index (χ3n) is 1.04. The fourth-order valence-electron chi connectivity index (χ4n) is 0.553. The first-order valence-electron chi connectivity index (χ1n) is 4.39. The van der Waals surface area contributed by atoms with Crippen LogP contribution in [-0.2, 0) is 14.6 Å². The van der Waals surface area contributed by atoms with E-state index in [0.29, 0.717) is 0 Å². The lowest BCUT2D eigenvalue weighted by Crippen LogP contribution is -2.83. The van der Waals surface area contributed by atoms with E-state index in [1.807, 2.05) is 0 Å².